The van der Waals surface area contributed by atoms with Crippen molar-refractivity contribution in [2.45, 2.75) is 12.2 Å². The molecule has 16 heavy (non-hydrogen) atoms. The van der Waals surface area contributed by atoms with Crippen LogP contribution in [0.1, 0.15) is 17.3 Å². The highest BCUT2D eigenvalue weighted by Crippen LogP contribution is 2.04. The average molecular weight is 240 g/mol. The van der Waals surface area contributed by atoms with E-state index in [1.54, 1.807) is 38.2 Å². The highest BCUT2D eigenvalue weighted by Gasteiger charge is 2.15. The van der Waals surface area contributed by atoms with Gasteiger partial charge in [-0.1, -0.05) is 12.1 Å². The van der Waals surface area contributed by atoms with Gasteiger partial charge in [-0.25, -0.2) is 8.42 Å². The number of carbonyl (C=O) groups is 1. The van der Waals surface area contributed by atoms with Crippen LogP contribution in [-0.2, 0) is 10.7 Å². The zero-order valence-electron chi connectivity index (χ0n) is 9.21. The van der Waals surface area contributed by atoms with E-state index in [1.807, 2.05) is 0 Å². The van der Waals surface area contributed by atoms with Crippen LogP contribution in [0.25, 0.3) is 0 Å². The van der Waals surface area contributed by atoms with Crippen LogP contribution in [0.15, 0.2) is 24.3 Å². The summed E-state index contributed by atoms with van der Waals surface area (Å²) in [6.45, 7) is 1.78. The SMILES string of the molecule is CC(CN(C)C(=O)c1cc[c]cc1)[SH](=O)=O. The van der Waals surface area contributed by atoms with Gasteiger partial charge in [-0.2, -0.15) is 0 Å². The van der Waals surface area contributed by atoms with Crippen molar-refractivity contribution in [1.29, 1.82) is 0 Å². The summed E-state index contributed by atoms with van der Waals surface area (Å²) in [5.74, 6) is -0.183. The van der Waals surface area contributed by atoms with Crippen molar-refractivity contribution in [1.82, 2.24) is 4.90 Å². The Hall–Kier alpha value is -1.36. The molecule has 87 valence electrons. The Labute approximate surface area is 96.8 Å². The largest absolute Gasteiger partial charge is 0.340 e. The van der Waals surface area contributed by atoms with Gasteiger partial charge in [0.05, 0.1) is 5.25 Å². The van der Waals surface area contributed by atoms with Gasteiger partial charge >= 0.3 is 0 Å². The molecule has 0 spiro atoms. The van der Waals surface area contributed by atoms with Gasteiger partial charge in [0.2, 0.25) is 0 Å². The fourth-order valence-corrected chi connectivity index (χ4v) is 1.67. The van der Waals surface area contributed by atoms with Gasteiger partial charge in [-0.3, -0.25) is 4.79 Å². The normalized spacial score (nSPS) is 12.4. The lowest BCUT2D eigenvalue weighted by Crippen LogP contribution is -2.33. The Bertz CT molecular complexity index is 420. The molecule has 0 N–H and O–H groups in total. The third-order valence-corrected chi connectivity index (χ3v) is 3.09. The molecule has 0 saturated heterocycles. The molecule has 0 aliphatic carbocycles. The van der Waals surface area contributed by atoms with E-state index in [1.165, 1.54) is 4.90 Å². The number of nitrogens with zero attached hydrogens (tertiary/aromatic N) is 1. The Balaban J connectivity index is 2.69. The average Bonchev–Trinajstić information content (AvgIpc) is 2.28. The van der Waals surface area contributed by atoms with Crippen LogP contribution in [0.3, 0.4) is 0 Å². The molecule has 1 aromatic carbocycles. The van der Waals surface area contributed by atoms with E-state index in [-0.39, 0.29) is 12.5 Å². The summed E-state index contributed by atoms with van der Waals surface area (Å²) in [6.07, 6.45) is 0. The Morgan fingerprint density at radius 2 is 2.00 bits per heavy atom. The van der Waals surface area contributed by atoms with E-state index in [9.17, 15) is 13.2 Å². The summed E-state index contributed by atoms with van der Waals surface area (Å²) in [6, 6.07) is 9.43. The second kappa shape index (κ2) is 5.65. The molecule has 5 heteroatoms. The van der Waals surface area contributed by atoms with Crippen LogP contribution in [0.5, 0.6) is 0 Å². The topological polar surface area (TPSA) is 54.5 Å². The van der Waals surface area contributed by atoms with Crippen molar-refractivity contribution >= 4 is 16.6 Å². The predicted molar refractivity (Wildman–Crippen MR) is 62.0 cm³/mol. The van der Waals surface area contributed by atoms with E-state index < -0.39 is 16.0 Å². The molecule has 0 aliphatic rings. The van der Waals surface area contributed by atoms with Crippen molar-refractivity contribution in [2.75, 3.05) is 13.6 Å². The molecule has 0 aromatic heterocycles. The first-order chi connectivity index (χ1) is 7.52. The summed E-state index contributed by atoms with van der Waals surface area (Å²) in [4.78, 5) is 13.2. The summed E-state index contributed by atoms with van der Waals surface area (Å²) < 4.78 is 21.4. The molecular formula is C11H14NO3S. The van der Waals surface area contributed by atoms with Crippen LogP contribution in [-0.4, -0.2) is 38.1 Å². The molecule has 1 aromatic rings. The Morgan fingerprint density at radius 3 is 2.50 bits per heavy atom. The summed E-state index contributed by atoms with van der Waals surface area (Å²) in [5.41, 5.74) is 0.537. The zero-order chi connectivity index (χ0) is 12.1. The van der Waals surface area contributed by atoms with E-state index >= 15 is 0 Å². The van der Waals surface area contributed by atoms with E-state index in [4.69, 9.17) is 0 Å². The van der Waals surface area contributed by atoms with Crippen LogP contribution >= 0.6 is 0 Å². The van der Waals surface area contributed by atoms with Gasteiger partial charge in [0.15, 0.2) is 0 Å². The molecule has 1 radical (unpaired) electrons. The molecule has 0 bridgehead atoms. The highest BCUT2D eigenvalue weighted by atomic mass is 32.2. The fraction of sp³-hybridized carbons (Fsp3) is 0.364. The minimum atomic E-state index is -2.49. The number of hydrogen-bond acceptors (Lipinski definition) is 3. The predicted octanol–water partition coefficient (Wildman–Crippen LogP) is 0.559. The number of benzene rings is 1. The van der Waals surface area contributed by atoms with E-state index in [0.29, 0.717) is 5.56 Å². The maximum absolute atomic E-state index is 11.8. The molecule has 1 rings (SSSR count). The van der Waals surface area contributed by atoms with Crippen molar-refractivity contribution in [2.24, 2.45) is 0 Å². The number of carbonyl (C=O) groups excluding carboxylic acids is 1. The lowest BCUT2D eigenvalue weighted by atomic mass is 10.2. The van der Waals surface area contributed by atoms with Gasteiger partial charge in [0, 0.05) is 19.2 Å². The van der Waals surface area contributed by atoms with Crippen molar-refractivity contribution in [3.05, 3.63) is 35.9 Å². The van der Waals surface area contributed by atoms with E-state index in [0.717, 1.165) is 0 Å². The molecular weight excluding hydrogens is 226 g/mol. The number of hydrogen-bond donors (Lipinski definition) is 1. The third kappa shape index (κ3) is 3.34. The summed E-state index contributed by atoms with van der Waals surface area (Å²) in [7, 11) is -0.896. The molecule has 1 amide bonds. The monoisotopic (exact) mass is 240 g/mol. The second-order valence-corrected chi connectivity index (χ2v) is 5.06. The molecule has 0 fully saturated rings. The van der Waals surface area contributed by atoms with E-state index in [2.05, 4.69) is 6.07 Å². The zero-order valence-corrected chi connectivity index (χ0v) is 10.1. The van der Waals surface area contributed by atoms with Crippen molar-refractivity contribution < 1.29 is 13.2 Å². The van der Waals surface area contributed by atoms with Crippen LogP contribution < -0.4 is 0 Å². The first-order valence-corrected chi connectivity index (χ1v) is 6.12. The molecule has 0 heterocycles. The first-order valence-electron chi connectivity index (χ1n) is 4.87. The fourth-order valence-electron chi connectivity index (χ4n) is 1.30. The third-order valence-electron chi connectivity index (χ3n) is 2.21. The summed E-state index contributed by atoms with van der Waals surface area (Å²) in [5, 5.41) is -0.528. The quantitative estimate of drug-likeness (QED) is 0.782. The maximum Gasteiger partial charge on any atom is 0.253 e. The van der Waals surface area contributed by atoms with Crippen LogP contribution in [0.4, 0.5) is 0 Å². The molecule has 4 nitrogen and oxygen atoms in total. The molecule has 1 atom stereocenters. The maximum atomic E-state index is 11.8. The standard InChI is InChI=1S/C11H14NO3S/c1-9(16(14)15)8-12(2)11(13)10-6-4-3-5-7-10/h4-7,9,16H,8H2,1-2H3. The Kier molecular flexibility index (Phi) is 4.49. The van der Waals surface area contributed by atoms with Crippen LogP contribution in [0, 0.1) is 6.07 Å². The smallest absolute Gasteiger partial charge is 0.253 e. The van der Waals surface area contributed by atoms with Gasteiger partial charge in [0.25, 0.3) is 5.91 Å². The minimum absolute atomic E-state index is 0.183. The summed E-state index contributed by atoms with van der Waals surface area (Å²) >= 11 is 0. The van der Waals surface area contributed by atoms with Gasteiger partial charge in [-0.15, -0.1) is 0 Å². The van der Waals surface area contributed by atoms with Gasteiger partial charge in [0.1, 0.15) is 10.7 Å². The minimum Gasteiger partial charge on any atom is -0.340 e. The van der Waals surface area contributed by atoms with Gasteiger partial charge in [-0.05, 0) is 25.1 Å². The first kappa shape index (κ1) is 12.7. The van der Waals surface area contributed by atoms with Crippen molar-refractivity contribution in [3.63, 3.8) is 0 Å². The highest BCUT2D eigenvalue weighted by molar-refractivity contribution is 7.73. The lowest BCUT2D eigenvalue weighted by Gasteiger charge is -2.18. The number of thiol groups is 1. The molecule has 0 saturated carbocycles. The number of rotatable bonds is 4. The van der Waals surface area contributed by atoms with Crippen LogP contribution in [0.2, 0.25) is 0 Å². The number of amides is 1. The second-order valence-electron chi connectivity index (χ2n) is 3.61. The lowest BCUT2D eigenvalue weighted by molar-refractivity contribution is 0.0796. The Morgan fingerprint density at radius 1 is 1.44 bits per heavy atom. The molecule has 0 aliphatic heterocycles. The van der Waals surface area contributed by atoms with Gasteiger partial charge < -0.3 is 4.90 Å². The van der Waals surface area contributed by atoms with Crippen molar-refractivity contribution in [3.8, 4) is 0 Å². The molecule has 1 unspecified atom stereocenters.